The zero-order valence-electron chi connectivity index (χ0n) is 21.4. The number of methoxy groups -OCH3 is 1. The summed E-state index contributed by atoms with van der Waals surface area (Å²) in [5.74, 6) is -0.432. The largest absolute Gasteiger partial charge is 0.493 e. The molecule has 11 heteroatoms. The van der Waals surface area contributed by atoms with E-state index in [4.69, 9.17) is 9.47 Å². The number of cyclic esters (lactones) is 1. The molecule has 0 bridgehead atoms. The molecule has 2 aromatic rings. The van der Waals surface area contributed by atoms with Crippen molar-refractivity contribution < 1.29 is 28.2 Å². The summed E-state index contributed by atoms with van der Waals surface area (Å²) >= 11 is 0. The fourth-order valence-corrected chi connectivity index (χ4v) is 4.49. The number of benzene rings is 1. The van der Waals surface area contributed by atoms with Gasteiger partial charge in [-0.05, 0) is 49.2 Å². The molecule has 1 atom stereocenters. The second-order valence-corrected chi connectivity index (χ2v) is 9.28. The normalized spacial score (nSPS) is 17.7. The summed E-state index contributed by atoms with van der Waals surface area (Å²) in [6.45, 7) is 3.36. The highest BCUT2D eigenvalue weighted by molar-refractivity contribution is 5.90. The number of rotatable bonds is 8. The van der Waals surface area contributed by atoms with E-state index in [1.165, 1.54) is 36.1 Å². The lowest BCUT2D eigenvalue weighted by Gasteiger charge is -2.24. The van der Waals surface area contributed by atoms with Gasteiger partial charge in [0.2, 0.25) is 11.3 Å². The molecule has 2 fully saturated rings. The number of nitrogens with zero attached hydrogens (tertiary/aromatic N) is 3. The van der Waals surface area contributed by atoms with Crippen LogP contribution in [0.15, 0.2) is 47.3 Å². The molecule has 2 heterocycles. The number of hydrazine groups is 1. The van der Waals surface area contributed by atoms with Crippen LogP contribution in [0.25, 0.3) is 0 Å². The fraction of sp³-hybridized carbons (Fsp3) is 0.407. The third kappa shape index (κ3) is 6.46. The van der Waals surface area contributed by atoms with Gasteiger partial charge < -0.3 is 19.2 Å². The smallest absolute Gasteiger partial charge is 0.414 e. The highest BCUT2D eigenvalue weighted by Crippen LogP contribution is 2.29. The minimum Gasteiger partial charge on any atom is -0.493 e. The van der Waals surface area contributed by atoms with Crippen molar-refractivity contribution in [1.29, 1.82) is 0 Å². The van der Waals surface area contributed by atoms with Gasteiger partial charge in [0.1, 0.15) is 17.7 Å². The van der Waals surface area contributed by atoms with Gasteiger partial charge in [0, 0.05) is 26.1 Å². The third-order valence-corrected chi connectivity index (χ3v) is 6.57. The molecule has 202 valence electrons. The quantitative estimate of drug-likeness (QED) is 0.558. The van der Waals surface area contributed by atoms with Crippen LogP contribution in [0, 0.1) is 5.82 Å². The van der Waals surface area contributed by atoms with Gasteiger partial charge in [-0.1, -0.05) is 12.1 Å². The Kier molecular flexibility index (Phi) is 8.57. The highest BCUT2D eigenvalue weighted by atomic mass is 19.1. The number of hydrogen-bond acceptors (Lipinski definition) is 8. The van der Waals surface area contributed by atoms with Gasteiger partial charge in [-0.25, -0.2) is 14.6 Å². The number of ketones is 1. The van der Waals surface area contributed by atoms with E-state index in [0.717, 1.165) is 0 Å². The maximum absolute atomic E-state index is 15.2. The van der Waals surface area contributed by atoms with E-state index in [1.807, 2.05) is 4.90 Å². The zero-order chi connectivity index (χ0) is 27.2. The average Bonchev–Trinajstić information content (AvgIpc) is 3.02. The van der Waals surface area contributed by atoms with Gasteiger partial charge in [-0.2, -0.15) is 0 Å². The lowest BCUT2D eigenvalue weighted by Crippen LogP contribution is -2.44. The number of ether oxygens (including phenoxy) is 2. The standard InChI is InChI=1S/C27H31FN4O6/c1-18(33)3-7-21-17-31(27(36)38-21)20-6-8-23(22(28)16-20)30-12-11-29-32(14-13-30)26(35)15-19-4-9-24(34)25(37-2)10-5-19/h4-6,8-10,16,21,29H,3,7,11-15,17H2,1-2H3/t21-/m0/s1. The number of amides is 2. The van der Waals surface area contributed by atoms with Gasteiger partial charge in [0.25, 0.3) is 0 Å². The summed E-state index contributed by atoms with van der Waals surface area (Å²) in [6, 6.07) is 10.8. The molecule has 0 unspecified atom stereocenters. The molecule has 0 saturated carbocycles. The van der Waals surface area contributed by atoms with Crippen molar-refractivity contribution in [1.82, 2.24) is 10.4 Å². The maximum Gasteiger partial charge on any atom is 0.414 e. The van der Waals surface area contributed by atoms with Crippen molar-refractivity contribution in [3.05, 3.63) is 64.1 Å². The molecule has 2 aromatic carbocycles. The Morgan fingerprint density at radius 2 is 1.89 bits per heavy atom. The van der Waals surface area contributed by atoms with Gasteiger partial charge in [0.15, 0.2) is 5.75 Å². The Morgan fingerprint density at radius 1 is 1.11 bits per heavy atom. The van der Waals surface area contributed by atoms with Crippen molar-refractivity contribution in [2.45, 2.75) is 32.3 Å². The van der Waals surface area contributed by atoms with Crippen molar-refractivity contribution in [2.75, 3.05) is 49.6 Å². The van der Waals surface area contributed by atoms with E-state index in [1.54, 1.807) is 30.3 Å². The Morgan fingerprint density at radius 3 is 2.63 bits per heavy atom. The summed E-state index contributed by atoms with van der Waals surface area (Å²) in [4.78, 5) is 51.5. The second-order valence-electron chi connectivity index (χ2n) is 9.28. The molecule has 0 spiro atoms. The Labute approximate surface area is 219 Å². The van der Waals surface area contributed by atoms with E-state index in [2.05, 4.69) is 5.43 Å². The van der Waals surface area contributed by atoms with Crippen LogP contribution in [0.1, 0.15) is 25.3 Å². The zero-order valence-corrected chi connectivity index (χ0v) is 21.4. The van der Waals surface area contributed by atoms with E-state index in [0.29, 0.717) is 56.0 Å². The third-order valence-electron chi connectivity index (χ3n) is 6.57. The molecule has 2 aliphatic heterocycles. The molecule has 2 saturated heterocycles. The molecule has 2 aliphatic rings. The summed E-state index contributed by atoms with van der Waals surface area (Å²) in [5.41, 5.74) is 4.25. The Bertz CT molecular complexity index is 1270. The first-order chi connectivity index (χ1) is 18.2. The summed E-state index contributed by atoms with van der Waals surface area (Å²) in [7, 11) is 1.42. The molecule has 1 N–H and O–H groups in total. The van der Waals surface area contributed by atoms with Crippen molar-refractivity contribution in [3.8, 4) is 5.75 Å². The van der Waals surface area contributed by atoms with Crippen LogP contribution in [0.4, 0.5) is 20.6 Å². The van der Waals surface area contributed by atoms with E-state index < -0.39 is 18.0 Å². The van der Waals surface area contributed by atoms with Gasteiger partial charge in [-0.3, -0.25) is 19.5 Å². The van der Waals surface area contributed by atoms with Crippen LogP contribution in [0.5, 0.6) is 5.75 Å². The number of carbonyl (C=O) groups excluding carboxylic acids is 3. The highest BCUT2D eigenvalue weighted by Gasteiger charge is 2.33. The molecule has 38 heavy (non-hydrogen) atoms. The molecule has 10 nitrogen and oxygen atoms in total. The molecule has 0 aliphatic carbocycles. The predicted molar refractivity (Wildman–Crippen MR) is 139 cm³/mol. The van der Waals surface area contributed by atoms with Crippen LogP contribution < -0.4 is 25.4 Å². The van der Waals surface area contributed by atoms with Crippen molar-refractivity contribution >= 4 is 29.2 Å². The van der Waals surface area contributed by atoms with E-state index >= 15 is 4.39 Å². The number of halogens is 1. The lowest BCUT2D eigenvalue weighted by molar-refractivity contribution is -0.133. The first kappa shape index (κ1) is 27.1. The number of Topliss-reactive ketones (excluding diaryl/α,β-unsaturated/α-hetero) is 1. The van der Waals surface area contributed by atoms with Crippen molar-refractivity contribution in [3.63, 3.8) is 0 Å². The van der Waals surface area contributed by atoms with Gasteiger partial charge >= 0.3 is 6.09 Å². The topological polar surface area (TPSA) is 108 Å². The minimum absolute atomic E-state index is 0.0229. The SMILES string of the molecule is COc1ccc(CC(=O)N2CCN(c3ccc(N4C[C@H](CCC(C)=O)OC4=O)cc3F)CCN2)ccc1=O. The monoisotopic (exact) mass is 526 g/mol. The number of anilines is 2. The lowest BCUT2D eigenvalue weighted by atomic mass is 10.1. The van der Waals surface area contributed by atoms with E-state index in [9.17, 15) is 19.2 Å². The molecular formula is C27H31FN4O6. The molecule has 0 aromatic heterocycles. The number of hydrogen-bond donors (Lipinski definition) is 1. The maximum atomic E-state index is 15.2. The van der Waals surface area contributed by atoms with Crippen LogP contribution in [-0.2, 0) is 20.7 Å². The fourth-order valence-electron chi connectivity index (χ4n) is 4.49. The molecule has 2 amide bonds. The first-order valence-corrected chi connectivity index (χ1v) is 12.5. The summed E-state index contributed by atoms with van der Waals surface area (Å²) < 4.78 is 25.5. The van der Waals surface area contributed by atoms with Gasteiger partial charge in [0.05, 0.1) is 38.0 Å². The molecular weight excluding hydrogens is 495 g/mol. The Hall–Kier alpha value is -3.99. The van der Waals surface area contributed by atoms with Crippen LogP contribution in [0.3, 0.4) is 0 Å². The minimum atomic E-state index is -0.559. The van der Waals surface area contributed by atoms with Gasteiger partial charge in [-0.15, -0.1) is 0 Å². The van der Waals surface area contributed by atoms with Crippen molar-refractivity contribution in [2.24, 2.45) is 0 Å². The Balaban J connectivity index is 1.37. The van der Waals surface area contributed by atoms with Crippen LogP contribution >= 0.6 is 0 Å². The number of carbonyl (C=O) groups is 3. The van der Waals surface area contributed by atoms with Crippen LogP contribution in [-0.4, -0.2) is 68.7 Å². The van der Waals surface area contributed by atoms with E-state index in [-0.39, 0.29) is 35.8 Å². The molecule has 0 radical (unpaired) electrons. The summed E-state index contributed by atoms with van der Waals surface area (Å²) in [6.07, 6.45) is -0.119. The average molecular weight is 527 g/mol. The van der Waals surface area contributed by atoms with Crippen LogP contribution in [0.2, 0.25) is 0 Å². The summed E-state index contributed by atoms with van der Waals surface area (Å²) in [5, 5.41) is 1.51. The first-order valence-electron chi connectivity index (χ1n) is 12.5. The number of nitrogens with one attached hydrogen (secondary N) is 1. The molecule has 4 rings (SSSR count). The predicted octanol–water partition coefficient (Wildman–Crippen LogP) is 2.28. The second kappa shape index (κ2) is 12.0.